The van der Waals surface area contributed by atoms with Crippen LogP contribution < -0.4 is 5.32 Å². The van der Waals surface area contributed by atoms with Crippen LogP contribution >= 0.6 is 11.6 Å². The van der Waals surface area contributed by atoms with Crippen LogP contribution in [0.5, 0.6) is 0 Å². The number of ether oxygens (including phenoxy) is 2. The Balaban J connectivity index is 1.43. The van der Waals surface area contributed by atoms with Gasteiger partial charge in [-0.1, -0.05) is 35.9 Å². The average Bonchev–Trinajstić information content (AvgIpc) is 2.94. The maximum absolute atomic E-state index is 12.4. The van der Waals surface area contributed by atoms with Crippen molar-refractivity contribution >= 4 is 52.4 Å². The van der Waals surface area contributed by atoms with Gasteiger partial charge in [-0.05, 0) is 43.3 Å². The number of non-ortho nitro benzene ring substituents is 1. The summed E-state index contributed by atoms with van der Waals surface area (Å²) in [5.41, 5.74) is 0.516. The molecule has 1 amide bonds. The highest BCUT2D eigenvalue weighted by molar-refractivity contribution is 6.31. The maximum atomic E-state index is 12.4. The standard InChI is InChI=1S/C28H23ClN2O9/c1-17(27(35)20-5-2-6-21(29)14-20)40-26(34)13-12-25(33)30-22-10-8-18(9-11-22)28(36)39-16-24(32)19-4-3-7-23(15-19)31(37)38/h2-11,14-15,17H,12-13,16H2,1H3,(H,30,33)/t17-/m0/s1. The first-order chi connectivity index (χ1) is 19.0. The van der Waals surface area contributed by atoms with E-state index in [1.807, 2.05) is 0 Å². The third-order valence-electron chi connectivity index (χ3n) is 5.46. The Labute approximate surface area is 233 Å². The topological polar surface area (TPSA) is 159 Å². The van der Waals surface area contributed by atoms with Crippen LogP contribution in [0, 0.1) is 10.1 Å². The lowest BCUT2D eigenvalue weighted by Crippen LogP contribution is -2.25. The zero-order chi connectivity index (χ0) is 29.2. The highest BCUT2D eigenvalue weighted by Crippen LogP contribution is 2.16. The van der Waals surface area contributed by atoms with E-state index < -0.39 is 47.0 Å². The lowest BCUT2D eigenvalue weighted by atomic mass is 10.1. The van der Waals surface area contributed by atoms with Crippen LogP contribution in [-0.4, -0.2) is 47.0 Å². The number of rotatable bonds is 12. The molecule has 1 atom stereocenters. The number of benzene rings is 3. The zero-order valence-corrected chi connectivity index (χ0v) is 21.9. The number of amides is 1. The molecular formula is C28H23ClN2O9. The minimum absolute atomic E-state index is 0.0334. The van der Waals surface area contributed by atoms with E-state index in [1.54, 1.807) is 18.2 Å². The van der Waals surface area contributed by atoms with Gasteiger partial charge >= 0.3 is 11.9 Å². The van der Waals surface area contributed by atoms with Gasteiger partial charge in [0.05, 0.1) is 16.9 Å². The Morgan fingerprint density at radius 2 is 1.57 bits per heavy atom. The van der Waals surface area contributed by atoms with Gasteiger partial charge in [-0.15, -0.1) is 0 Å². The minimum Gasteiger partial charge on any atom is -0.454 e. The van der Waals surface area contributed by atoms with E-state index in [-0.39, 0.29) is 29.7 Å². The number of hydrogen-bond donors (Lipinski definition) is 1. The van der Waals surface area contributed by atoms with Crippen molar-refractivity contribution in [2.24, 2.45) is 0 Å². The van der Waals surface area contributed by atoms with Crippen LogP contribution in [0.3, 0.4) is 0 Å². The maximum Gasteiger partial charge on any atom is 0.338 e. The largest absolute Gasteiger partial charge is 0.454 e. The van der Waals surface area contributed by atoms with E-state index in [1.165, 1.54) is 55.5 Å². The molecule has 0 aliphatic heterocycles. The van der Waals surface area contributed by atoms with Crippen molar-refractivity contribution in [2.75, 3.05) is 11.9 Å². The number of anilines is 1. The predicted molar refractivity (Wildman–Crippen MR) is 143 cm³/mol. The fourth-order valence-electron chi connectivity index (χ4n) is 3.41. The van der Waals surface area contributed by atoms with Gasteiger partial charge in [0.15, 0.2) is 12.7 Å². The molecule has 0 unspecified atom stereocenters. The fourth-order valence-corrected chi connectivity index (χ4v) is 3.60. The van der Waals surface area contributed by atoms with Crippen molar-refractivity contribution < 1.29 is 38.4 Å². The van der Waals surface area contributed by atoms with Crippen molar-refractivity contribution in [1.82, 2.24) is 0 Å². The molecule has 0 aliphatic rings. The van der Waals surface area contributed by atoms with Gasteiger partial charge in [0.25, 0.3) is 5.69 Å². The van der Waals surface area contributed by atoms with Gasteiger partial charge in [-0.3, -0.25) is 29.3 Å². The molecule has 0 radical (unpaired) electrons. The molecule has 0 saturated heterocycles. The third-order valence-corrected chi connectivity index (χ3v) is 5.70. The van der Waals surface area contributed by atoms with Gasteiger partial charge in [-0.2, -0.15) is 0 Å². The summed E-state index contributed by atoms with van der Waals surface area (Å²) in [6.45, 7) is 0.815. The normalized spacial score (nSPS) is 11.2. The highest BCUT2D eigenvalue weighted by Gasteiger charge is 2.20. The number of nitro groups is 1. The SMILES string of the molecule is C[C@H](OC(=O)CCC(=O)Nc1ccc(C(=O)OCC(=O)c2cccc([N+](=O)[O-])c2)cc1)C(=O)c1cccc(Cl)c1. The van der Waals surface area contributed by atoms with Crippen LogP contribution in [0.15, 0.2) is 72.8 Å². The molecule has 0 heterocycles. The summed E-state index contributed by atoms with van der Waals surface area (Å²) in [5.74, 6) is -3.06. The monoisotopic (exact) mass is 566 g/mol. The number of nitro benzene ring substituents is 1. The van der Waals surface area contributed by atoms with E-state index in [4.69, 9.17) is 21.1 Å². The third kappa shape index (κ3) is 8.57. The number of carbonyl (C=O) groups is 5. The molecule has 206 valence electrons. The van der Waals surface area contributed by atoms with Crippen LogP contribution in [0.25, 0.3) is 0 Å². The Morgan fingerprint density at radius 1 is 0.900 bits per heavy atom. The first-order valence-electron chi connectivity index (χ1n) is 11.9. The molecule has 3 aromatic rings. The molecule has 0 aromatic heterocycles. The molecule has 0 saturated carbocycles. The van der Waals surface area contributed by atoms with Crippen molar-refractivity contribution in [3.05, 3.63) is 105 Å². The summed E-state index contributed by atoms with van der Waals surface area (Å²) in [6, 6.07) is 16.9. The van der Waals surface area contributed by atoms with Crippen LogP contribution in [0.2, 0.25) is 5.02 Å². The molecule has 3 aromatic carbocycles. The summed E-state index contributed by atoms with van der Waals surface area (Å²) < 4.78 is 10.1. The Bertz CT molecular complexity index is 1450. The first-order valence-corrected chi connectivity index (χ1v) is 12.2. The summed E-state index contributed by atoms with van der Waals surface area (Å²) in [7, 11) is 0. The molecular weight excluding hydrogens is 544 g/mol. The van der Waals surface area contributed by atoms with E-state index in [2.05, 4.69) is 5.32 Å². The second-order valence-electron chi connectivity index (χ2n) is 8.44. The molecule has 0 aliphatic carbocycles. The lowest BCUT2D eigenvalue weighted by Gasteiger charge is -2.12. The number of Topliss-reactive ketones (excluding diaryl/α,β-unsaturated/α-hetero) is 2. The van der Waals surface area contributed by atoms with E-state index in [9.17, 15) is 34.1 Å². The number of nitrogens with zero attached hydrogens (tertiary/aromatic N) is 1. The molecule has 12 heteroatoms. The Morgan fingerprint density at radius 3 is 2.25 bits per heavy atom. The van der Waals surface area contributed by atoms with Crippen molar-refractivity contribution in [1.29, 1.82) is 0 Å². The highest BCUT2D eigenvalue weighted by atomic mass is 35.5. The summed E-state index contributed by atoms with van der Waals surface area (Å²) in [5, 5.41) is 13.8. The Kier molecular flexibility index (Phi) is 10.2. The number of halogens is 1. The number of hydrogen-bond acceptors (Lipinski definition) is 9. The molecule has 0 fully saturated rings. The summed E-state index contributed by atoms with van der Waals surface area (Å²) in [6.07, 6.45) is -1.52. The zero-order valence-electron chi connectivity index (χ0n) is 21.1. The molecule has 0 spiro atoms. The van der Waals surface area contributed by atoms with Gasteiger partial charge in [0.1, 0.15) is 0 Å². The van der Waals surface area contributed by atoms with E-state index >= 15 is 0 Å². The number of ketones is 2. The average molecular weight is 567 g/mol. The second-order valence-corrected chi connectivity index (χ2v) is 8.88. The number of carbonyl (C=O) groups excluding carboxylic acids is 5. The molecule has 0 bridgehead atoms. The number of nitrogens with one attached hydrogen (secondary N) is 1. The Hall–Kier alpha value is -4.90. The smallest absolute Gasteiger partial charge is 0.338 e. The van der Waals surface area contributed by atoms with Crippen molar-refractivity contribution in [3.8, 4) is 0 Å². The summed E-state index contributed by atoms with van der Waals surface area (Å²) in [4.78, 5) is 71.4. The molecule has 11 nitrogen and oxygen atoms in total. The van der Waals surface area contributed by atoms with Crippen LogP contribution in [-0.2, 0) is 19.1 Å². The van der Waals surface area contributed by atoms with Crippen LogP contribution in [0.4, 0.5) is 11.4 Å². The van der Waals surface area contributed by atoms with Crippen molar-refractivity contribution in [2.45, 2.75) is 25.9 Å². The van der Waals surface area contributed by atoms with Crippen molar-refractivity contribution in [3.63, 3.8) is 0 Å². The second kappa shape index (κ2) is 13.8. The predicted octanol–water partition coefficient (Wildman–Crippen LogP) is 4.82. The van der Waals surface area contributed by atoms with Gasteiger partial charge in [0, 0.05) is 40.4 Å². The van der Waals surface area contributed by atoms with Gasteiger partial charge < -0.3 is 14.8 Å². The molecule has 3 rings (SSSR count). The summed E-state index contributed by atoms with van der Waals surface area (Å²) >= 11 is 5.88. The first kappa shape index (κ1) is 29.7. The lowest BCUT2D eigenvalue weighted by molar-refractivity contribution is -0.384. The van der Waals surface area contributed by atoms with Gasteiger partial charge in [-0.25, -0.2) is 4.79 Å². The van der Waals surface area contributed by atoms with Crippen LogP contribution in [0.1, 0.15) is 50.8 Å². The molecule has 40 heavy (non-hydrogen) atoms. The van der Waals surface area contributed by atoms with Gasteiger partial charge in [0.2, 0.25) is 17.5 Å². The van der Waals surface area contributed by atoms with E-state index in [0.717, 1.165) is 6.07 Å². The minimum atomic E-state index is -1.05. The fraction of sp³-hybridized carbons (Fsp3) is 0.179. The van der Waals surface area contributed by atoms with E-state index in [0.29, 0.717) is 16.3 Å². The molecule has 1 N–H and O–H groups in total. The quantitative estimate of drug-likeness (QED) is 0.140. The number of esters is 2.